The average molecular weight is 289 g/mol. The number of hydrogen-bond acceptors (Lipinski definition) is 6. The smallest absolute Gasteiger partial charge is 0.298 e. The average Bonchev–Trinajstić information content (AvgIpc) is 2.73. The Kier molecular flexibility index (Phi) is 3.22. The predicted octanol–water partition coefficient (Wildman–Crippen LogP) is 1.83. The molecule has 2 aromatic heterocycles. The van der Waals surface area contributed by atoms with Crippen LogP contribution in [0.1, 0.15) is 29.0 Å². The Labute approximate surface area is 119 Å². The van der Waals surface area contributed by atoms with E-state index in [0.717, 1.165) is 6.20 Å². The standard InChI is InChI=1S/C13H12FN5O2/c1-7-9-5-11(16-10-4-3-8(14)6-15-10)17-18-12(9)13(20)19(7)21-2/h3-7H,1-2H3,(H,15,16,17). The van der Waals surface area contributed by atoms with Gasteiger partial charge in [0.2, 0.25) is 0 Å². The number of amides is 1. The van der Waals surface area contributed by atoms with Gasteiger partial charge in [0.1, 0.15) is 11.6 Å². The van der Waals surface area contributed by atoms with E-state index < -0.39 is 5.82 Å². The van der Waals surface area contributed by atoms with Gasteiger partial charge in [-0.2, -0.15) is 0 Å². The topological polar surface area (TPSA) is 80.2 Å². The third-order valence-corrected chi connectivity index (χ3v) is 3.21. The molecule has 1 aliphatic heterocycles. The lowest BCUT2D eigenvalue weighted by molar-refractivity contribution is -0.114. The van der Waals surface area contributed by atoms with Crippen molar-refractivity contribution in [3.63, 3.8) is 0 Å². The first-order chi connectivity index (χ1) is 10.1. The minimum Gasteiger partial charge on any atom is -0.323 e. The molecule has 0 aliphatic carbocycles. The summed E-state index contributed by atoms with van der Waals surface area (Å²) < 4.78 is 12.8. The Morgan fingerprint density at radius 2 is 2.14 bits per heavy atom. The first-order valence-electron chi connectivity index (χ1n) is 6.24. The summed E-state index contributed by atoms with van der Waals surface area (Å²) >= 11 is 0. The van der Waals surface area contributed by atoms with E-state index in [1.807, 2.05) is 6.92 Å². The van der Waals surface area contributed by atoms with Crippen LogP contribution in [0.15, 0.2) is 24.4 Å². The molecule has 1 atom stereocenters. The first-order valence-corrected chi connectivity index (χ1v) is 6.24. The number of fused-ring (bicyclic) bond motifs is 1. The van der Waals surface area contributed by atoms with E-state index in [-0.39, 0.29) is 17.6 Å². The van der Waals surface area contributed by atoms with E-state index in [4.69, 9.17) is 4.84 Å². The van der Waals surface area contributed by atoms with Crippen LogP contribution in [0.25, 0.3) is 0 Å². The molecule has 1 amide bonds. The SMILES string of the molecule is CON1C(=O)c2nnc(Nc3ccc(F)cn3)cc2C1C. The van der Waals surface area contributed by atoms with E-state index in [9.17, 15) is 9.18 Å². The number of carbonyl (C=O) groups is 1. The number of rotatable bonds is 3. The quantitative estimate of drug-likeness (QED) is 0.928. The highest BCUT2D eigenvalue weighted by Crippen LogP contribution is 2.32. The zero-order valence-corrected chi connectivity index (χ0v) is 11.4. The zero-order valence-electron chi connectivity index (χ0n) is 11.4. The molecule has 8 heteroatoms. The number of pyridine rings is 1. The van der Waals surface area contributed by atoms with Gasteiger partial charge in [-0.25, -0.2) is 14.4 Å². The molecule has 0 radical (unpaired) electrons. The van der Waals surface area contributed by atoms with Gasteiger partial charge in [-0.1, -0.05) is 0 Å². The first kappa shape index (κ1) is 13.4. The predicted molar refractivity (Wildman–Crippen MR) is 71.1 cm³/mol. The molecule has 7 nitrogen and oxygen atoms in total. The van der Waals surface area contributed by atoms with Crippen LogP contribution >= 0.6 is 0 Å². The highest BCUT2D eigenvalue weighted by molar-refractivity contribution is 5.96. The Morgan fingerprint density at radius 1 is 1.33 bits per heavy atom. The lowest BCUT2D eigenvalue weighted by Gasteiger charge is -2.17. The number of aromatic nitrogens is 3. The summed E-state index contributed by atoms with van der Waals surface area (Å²) in [4.78, 5) is 20.9. The van der Waals surface area contributed by atoms with Crippen LogP contribution in [-0.2, 0) is 4.84 Å². The largest absolute Gasteiger partial charge is 0.323 e. The normalized spacial score (nSPS) is 17.0. The van der Waals surface area contributed by atoms with Gasteiger partial charge in [-0.3, -0.25) is 9.63 Å². The number of nitrogens with one attached hydrogen (secondary N) is 1. The van der Waals surface area contributed by atoms with Crippen LogP contribution < -0.4 is 5.32 Å². The van der Waals surface area contributed by atoms with Crippen LogP contribution in [0.5, 0.6) is 0 Å². The molecule has 0 fully saturated rings. The van der Waals surface area contributed by atoms with E-state index in [0.29, 0.717) is 17.2 Å². The van der Waals surface area contributed by atoms with Gasteiger partial charge < -0.3 is 5.32 Å². The molecule has 1 aliphatic rings. The monoisotopic (exact) mass is 289 g/mol. The van der Waals surface area contributed by atoms with Crippen LogP contribution in [-0.4, -0.2) is 33.3 Å². The lowest BCUT2D eigenvalue weighted by atomic mass is 10.1. The summed E-state index contributed by atoms with van der Waals surface area (Å²) in [5.74, 6) is 0.117. The van der Waals surface area contributed by atoms with Crippen LogP contribution in [0.2, 0.25) is 0 Å². The summed E-state index contributed by atoms with van der Waals surface area (Å²) in [7, 11) is 1.43. The molecular weight excluding hydrogens is 277 g/mol. The van der Waals surface area contributed by atoms with Crippen LogP contribution in [0.4, 0.5) is 16.0 Å². The summed E-state index contributed by atoms with van der Waals surface area (Å²) in [6.45, 7) is 1.83. The van der Waals surface area contributed by atoms with Crippen LogP contribution in [0, 0.1) is 5.82 Å². The van der Waals surface area contributed by atoms with Crippen molar-refractivity contribution in [2.75, 3.05) is 12.4 Å². The van der Waals surface area contributed by atoms with Crippen molar-refractivity contribution in [2.24, 2.45) is 0 Å². The zero-order chi connectivity index (χ0) is 15.0. The molecule has 1 N–H and O–H groups in total. The number of nitrogens with zero attached hydrogens (tertiary/aromatic N) is 4. The summed E-state index contributed by atoms with van der Waals surface area (Å²) in [5.41, 5.74) is 0.975. The molecule has 3 heterocycles. The Hall–Kier alpha value is -2.61. The molecule has 21 heavy (non-hydrogen) atoms. The highest BCUT2D eigenvalue weighted by Gasteiger charge is 2.36. The van der Waals surface area contributed by atoms with Crippen molar-refractivity contribution in [1.82, 2.24) is 20.2 Å². The maximum Gasteiger partial charge on any atom is 0.298 e. The summed E-state index contributed by atoms with van der Waals surface area (Å²) in [5, 5.41) is 12.0. The van der Waals surface area contributed by atoms with Crippen molar-refractivity contribution in [3.8, 4) is 0 Å². The molecular formula is C13H12FN5O2. The minimum atomic E-state index is -0.421. The highest BCUT2D eigenvalue weighted by atomic mass is 19.1. The van der Waals surface area contributed by atoms with Crippen molar-refractivity contribution in [2.45, 2.75) is 13.0 Å². The minimum absolute atomic E-state index is 0.255. The van der Waals surface area contributed by atoms with Crippen LogP contribution in [0.3, 0.4) is 0 Å². The summed E-state index contributed by atoms with van der Waals surface area (Å²) in [6, 6.07) is 4.22. The van der Waals surface area contributed by atoms with Crippen molar-refractivity contribution in [3.05, 3.63) is 41.5 Å². The van der Waals surface area contributed by atoms with E-state index >= 15 is 0 Å². The maximum absolute atomic E-state index is 12.8. The maximum atomic E-state index is 12.8. The van der Waals surface area contributed by atoms with E-state index in [2.05, 4.69) is 20.5 Å². The van der Waals surface area contributed by atoms with Gasteiger partial charge in [0.25, 0.3) is 5.91 Å². The molecule has 0 spiro atoms. The van der Waals surface area contributed by atoms with Crippen molar-refractivity contribution in [1.29, 1.82) is 0 Å². The molecule has 0 saturated carbocycles. The van der Waals surface area contributed by atoms with Gasteiger partial charge in [0.05, 0.1) is 19.3 Å². The number of halogens is 1. The van der Waals surface area contributed by atoms with Crippen molar-refractivity contribution < 1.29 is 14.0 Å². The lowest BCUT2D eigenvalue weighted by Crippen LogP contribution is -2.25. The Balaban J connectivity index is 1.89. The molecule has 108 valence electrons. The molecule has 2 aromatic rings. The second kappa shape index (κ2) is 5.06. The number of hydroxylamine groups is 2. The van der Waals surface area contributed by atoms with Gasteiger partial charge in [0, 0.05) is 5.56 Å². The Morgan fingerprint density at radius 3 is 2.81 bits per heavy atom. The second-order valence-electron chi connectivity index (χ2n) is 4.51. The number of hydrogen-bond donors (Lipinski definition) is 1. The number of anilines is 2. The number of carbonyl (C=O) groups excluding carboxylic acids is 1. The third kappa shape index (κ3) is 2.29. The van der Waals surface area contributed by atoms with Gasteiger partial charge in [-0.05, 0) is 25.1 Å². The summed E-state index contributed by atoms with van der Waals surface area (Å²) in [6.07, 6.45) is 1.10. The van der Waals surface area contributed by atoms with Gasteiger partial charge in [-0.15, -0.1) is 10.2 Å². The second-order valence-corrected chi connectivity index (χ2v) is 4.51. The molecule has 0 bridgehead atoms. The fraction of sp³-hybridized carbons (Fsp3) is 0.231. The molecule has 1 unspecified atom stereocenters. The van der Waals surface area contributed by atoms with Gasteiger partial charge >= 0.3 is 0 Å². The molecule has 0 saturated heterocycles. The van der Waals surface area contributed by atoms with E-state index in [1.165, 1.54) is 24.3 Å². The fourth-order valence-corrected chi connectivity index (χ4v) is 2.18. The molecule has 3 rings (SSSR count). The molecule has 0 aromatic carbocycles. The van der Waals surface area contributed by atoms with Gasteiger partial charge in [0.15, 0.2) is 11.5 Å². The fourth-order valence-electron chi connectivity index (χ4n) is 2.18. The third-order valence-electron chi connectivity index (χ3n) is 3.21. The van der Waals surface area contributed by atoms with Crippen molar-refractivity contribution >= 4 is 17.5 Å². The Bertz CT molecular complexity index is 691. The van der Waals surface area contributed by atoms with E-state index in [1.54, 1.807) is 6.07 Å².